The Morgan fingerprint density at radius 2 is 2.24 bits per heavy atom. The Labute approximate surface area is 143 Å². The fourth-order valence-electron chi connectivity index (χ4n) is 2.18. The zero-order valence-electron chi connectivity index (χ0n) is 11.9. The van der Waals surface area contributed by atoms with E-state index < -0.39 is 6.04 Å². The molecule has 0 bridgehead atoms. The summed E-state index contributed by atoms with van der Waals surface area (Å²) in [7, 11) is 0. The summed E-state index contributed by atoms with van der Waals surface area (Å²) in [5, 5.41) is 6.01. The fraction of sp³-hybridized carbons (Fsp3) is 0.538. The fourth-order valence-corrected chi connectivity index (χ4v) is 3.47. The van der Waals surface area contributed by atoms with Crippen LogP contribution in [0.4, 0.5) is 0 Å². The third kappa shape index (κ3) is 4.67. The van der Waals surface area contributed by atoms with Crippen LogP contribution in [0.2, 0.25) is 0 Å². The summed E-state index contributed by atoms with van der Waals surface area (Å²) in [6.45, 7) is 6.02. The molecule has 21 heavy (non-hydrogen) atoms. The molecule has 1 fully saturated rings. The van der Waals surface area contributed by atoms with Crippen molar-refractivity contribution in [1.82, 2.24) is 15.5 Å². The second-order valence-electron chi connectivity index (χ2n) is 4.88. The summed E-state index contributed by atoms with van der Waals surface area (Å²) in [4.78, 5) is 26.8. The lowest BCUT2D eigenvalue weighted by atomic mass is 10.1. The molecule has 0 radical (unpaired) electrons. The van der Waals surface area contributed by atoms with Crippen LogP contribution in [0.3, 0.4) is 0 Å². The minimum atomic E-state index is -0.510. The molecular formula is C13H19BrClN3O2S. The molecule has 2 rings (SSSR count). The van der Waals surface area contributed by atoms with Crippen LogP contribution in [0.15, 0.2) is 15.9 Å². The number of nitrogens with zero attached hydrogens (tertiary/aromatic N) is 1. The van der Waals surface area contributed by atoms with E-state index in [0.717, 1.165) is 16.9 Å². The summed E-state index contributed by atoms with van der Waals surface area (Å²) < 4.78 is 0.900. The van der Waals surface area contributed by atoms with E-state index in [1.54, 1.807) is 13.0 Å². The maximum atomic E-state index is 12.4. The van der Waals surface area contributed by atoms with Crippen LogP contribution in [0.1, 0.15) is 23.5 Å². The predicted octanol–water partition coefficient (Wildman–Crippen LogP) is 1.87. The van der Waals surface area contributed by atoms with E-state index in [2.05, 4.69) is 26.6 Å². The molecule has 0 aromatic carbocycles. The lowest BCUT2D eigenvalue weighted by molar-refractivity contribution is -0.135. The molecule has 1 unspecified atom stereocenters. The van der Waals surface area contributed by atoms with Crippen LogP contribution in [-0.2, 0) is 4.79 Å². The average molecular weight is 397 g/mol. The maximum Gasteiger partial charge on any atom is 0.262 e. The standard InChI is InChI=1S/C13H18BrN3O2S.ClH/c1-8-7-15-5-6-17(8)13(19)9(2)16-12(18)10-3-4-11(14)20-10;/h3-4,8-9,15H,5-7H2,1-2H3,(H,16,18);1H/t8-,9?;/m1./s1. The highest BCUT2D eigenvalue weighted by Gasteiger charge is 2.28. The molecule has 1 aromatic heterocycles. The summed E-state index contributed by atoms with van der Waals surface area (Å²) in [5.41, 5.74) is 0. The molecule has 8 heteroatoms. The lowest BCUT2D eigenvalue weighted by Gasteiger charge is -2.35. The Hall–Kier alpha value is -0.630. The number of carbonyl (C=O) groups excluding carboxylic acids is 2. The Morgan fingerprint density at radius 1 is 1.52 bits per heavy atom. The molecule has 2 N–H and O–H groups in total. The number of piperazine rings is 1. The van der Waals surface area contributed by atoms with Crippen LogP contribution in [0, 0.1) is 0 Å². The molecule has 0 saturated carbocycles. The Bertz CT molecular complexity index is 511. The Kier molecular flexibility index (Phi) is 7.12. The van der Waals surface area contributed by atoms with Gasteiger partial charge in [0.05, 0.1) is 8.66 Å². The highest BCUT2D eigenvalue weighted by atomic mass is 79.9. The van der Waals surface area contributed by atoms with Crippen LogP contribution in [-0.4, -0.2) is 48.4 Å². The summed E-state index contributed by atoms with van der Waals surface area (Å²) in [6.07, 6.45) is 0. The van der Waals surface area contributed by atoms with Gasteiger partial charge in [-0.3, -0.25) is 9.59 Å². The van der Waals surface area contributed by atoms with E-state index in [9.17, 15) is 9.59 Å². The quantitative estimate of drug-likeness (QED) is 0.820. The third-order valence-electron chi connectivity index (χ3n) is 3.30. The number of nitrogens with one attached hydrogen (secondary N) is 2. The number of amides is 2. The molecule has 2 heterocycles. The van der Waals surface area contributed by atoms with Gasteiger partial charge in [-0.2, -0.15) is 0 Å². The van der Waals surface area contributed by atoms with Crippen molar-refractivity contribution in [2.45, 2.75) is 25.9 Å². The van der Waals surface area contributed by atoms with E-state index in [0.29, 0.717) is 11.4 Å². The summed E-state index contributed by atoms with van der Waals surface area (Å²) >= 11 is 4.68. The van der Waals surface area contributed by atoms with Gasteiger partial charge in [0.1, 0.15) is 6.04 Å². The minimum Gasteiger partial charge on any atom is -0.340 e. The summed E-state index contributed by atoms with van der Waals surface area (Å²) in [5.74, 6) is -0.229. The van der Waals surface area contributed by atoms with Crippen molar-refractivity contribution >= 4 is 51.5 Å². The summed E-state index contributed by atoms with van der Waals surface area (Å²) in [6, 6.07) is 3.22. The van der Waals surface area contributed by atoms with Gasteiger partial charge in [-0.15, -0.1) is 23.7 Å². The Morgan fingerprint density at radius 3 is 2.81 bits per heavy atom. The van der Waals surface area contributed by atoms with Crippen molar-refractivity contribution in [3.05, 3.63) is 20.8 Å². The van der Waals surface area contributed by atoms with E-state index in [1.165, 1.54) is 11.3 Å². The molecule has 1 saturated heterocycles. The van der Waals surface area contributed by atoms with Gasteiger partial charge in [0, 0.05) is 25.7 Å². The lowest BCUT2D eigenvalue weighted by Crippen LogP contribution is -2.57. The predicted molar refractivity (Wildman–Crippen MR) is 90.2 cm³/mol. The van der Waals surface area contributed by atoms with Crippen LogP contribution in [0.5, 0.6) is 0 Å². The molecule has 1 aliphatic rings. The van der Waals surface area contributed by atoms with Crippen molar-refractivity contribution in [3.63, 3.8) is 0 Å². The van der Waals surface area contributed by atoms with Crippen molar-refractivity contribution < 1.29 is 9.59 Å². The highest BCUT2D eigenvalue weighted by Crippen LogP contribution is 2.22. The molecule has 118 valence electrons. The van der Waals surface area contributed by atoms with Crippen LogP contribution < -0.4 is 10.6 Å². The average Bonchev–Trinajstić information content (AvgIpc) is 2.85. The van der Waals surface area contributed by atoms with E-state index >= 15 is 0 Å². The number of carbonyl (C=O) groups is 2. The minimum absolute atomic E-state index is 0. The maximum absolute atomic E-state index is 12.4. The monoisotopic (exact) mass is 395 g/mol. The first-order valence-electron chi connectivity index (χ1n) is 6.56. The first-order chi connectivity index (χ1) is 9.49. The normalized spacial score (nSPS) is 19.6. The first kappa shape index (κ1) is 18.4. The molecule has 0 aliphatic carbocycles. The molecule has 5 nitrogen and oxygen atoms in total. The SMILES string of the molecule is CC(NC(=O)c1ccc(Br)s1)C(=O)N1CCNC[C@H]1C.Cl. The molecular weight excluding hydrogens is 378 g/mol. The highest BCUT2D eigenvalue weighted by molar-refractivity contribution is 9.11. The first-order valence-corrected chi connectivity index (χ1v) is 8.17. The zero-order valence-corrected chi connectivity index (χ0v) is 15.1. The van der Waals surface area contributed by atoms with Gasteiger partial charge < -0.3 is 15.5 Å². The molecule has 1 aliphatic heterocycles. The van der Waals surface area contributed by atoms with Gasteiger partial charge >= 0.3 is 0 Å². The zero-order chi connectivity index (χ0) is 14.7. The second kappa shape index (κ2) is 8.12. The van der Waals surface area contributed by atoms with Gasteiger partial charge in [-0.1, -0.05) is 0 Å². The number of thiophene rings is 1. The van der Waals surface area contributed by atoms with Gasteiger partial charge in [0.15, 0.2) is 0 Å². The Balaban J connectivity index is 0.00000220. The number of hydrogen-bond acceptors (Lipinski definition) is 4. The van der Waals surface area contributed by atoms with E-state index in [1.807, 2.05) is 17.9 Å². The number of hydrogen-bond donors (Lipinski definition) is 2. The van der Waals surface area contributed by atoms with E-state index in [4.69, 9.17) is 0 Å². The third-order valence-corrected chi connectivity index (χ3v) is 4.92. The number of halogens is 2. The van der Waals surface area contributed by atoms with E-state index in [-0.39, 0.29) is 30.3 Å². The van der Waals surface area contributed by atoms with Gasteiger partial charge in [-0.05, 0) is 41.9 Å². The molecule has 1 aromatic rings. The van der Waals surface area contributed by atoms with Crippen molar-refractivity contribution in [3.8, 4) is 0 Å². The van der Waals surface area contributed by atoms with Crippen LogP contribution >= 0.6 is 39.7 Å². The van der Waals surface area contributed by atoms with Crippen LogP contribution in [0.25, 0.3) is 0 Å². The van der Waals surface area contributed by atoms with Crippen molar-refractivity contribution in [2.75, 3.05) is 19.6 Å². The van der Waals surface area contributed by atoms with Gasteiger partial charge in [0.25, 0.3) is 5.91 Å². The second-order valence-corrected chi connectivity index (χ2v) is 7.35. The van der Waals surface area contributed by atoms with Crippen molar-refractivity contribution in [2.24, 2.45) is 0 Å². The smallest absolute Gasteiger partial charge is 0.262 e. The van der Waals surface area contributed by atoms with Gasteiger partial charge in [-0.25, -0.2) is 0 Å². The molecule has 2 amide bonds. The molecule has 2 atom stereocenters. The topological polar surface area (TPSA) is 61.4 Å². The number of rotatable bonds is 3. The molecule has 0 spiro atoms. The van der Waals surface area contributed by atoms with Gasteiger partial charge in [0.2, 0.25) is 5.91 Å². The largest absolute Gasteiger partial charge is 0.340 e. The van der Waals surface area contributed by atoms with Crippen molar-refractivity contribution in [1.29, 1.82) is 0 Å².